The molecule has 1 aliphatic carbocycles. The number of nitrogens with one attached hydrogen (secondary N) is 1. The third-order valence-corrected chi connectivity index (χ3v) is 2.38. The molecule has 0 bridgehead atoms. The molecule has 1 aromatic heterocycles. The minimum Gasteiger partial charge on any atom is -0.464 e. The van der Waals surface area contributed by atoms with Gasteiger partial charge < -0.3 is 9.72 Å². The number of rotatable bonds is 2. The van der Waals surface area contributed by atoms with Crippen molar-refractivity contribution < 1.29 is 9.53 Å². The number of esters is 1. The van der Waals surface area contributed by atoms with Crippen molar-refractivity contribution in [2.24, 2.45) is 0 Å². The lowest BCUT2D eigenvalue weighted by molar-refractivity contribution is 0.0594. The molecule has 0 atom stereocenters. The standard InChI is InChI=1S/C10H10N2O2/c1-14-10(13)8-4-7(6-2-3-6)9(5-11)12-8/h4,6,12H,2-3H2,1H3. The summed E-state index contributed by atoms with van der Waals surface area (Å²) >= 11 is 0. The van der Waals surface area contributed by atoms with E-state index < -0.39 is 5.97 Å². The number of carbonyl (C=O) groups is 1. The molecule has 0 aromatic carbocycles. The van der Waals surface area contributed by atoms with Crippen LogP contribution < -0.4 is 0 Å². The molecule has 1 aliphatic rings. The van der Waals surface area contributed by atoms with E-state index in [1.165, 1.54) is 7.11 Å². The van der Waals surface area contributed by atoms with E-state index >= 15 is 0 Å². The number of methoxy groups -OCH3 is 1. The van der Waals surface area contributed by atoms with Crippen LogP contribution in [-0.2, 0) is 4.74 Å². The van der Waals surface area contributed by atoms with E-state index in [0.717, 1.165) is 18.4 Å². The molecule has 14 heavy (non-hydrogen) atoms. The Kier molecular flexibility index (Phi) is 2.01. The second kappa shape index (κ2) is 3.18. The Hall–Kier alpha value is -1.76. The predicted molar refractivity (Wildman–Crippen MR) is 48.8 cm³/mol. The summed E-state index contributed by atoms with van der Waals surface area (Å²) in [6, 6.07) is 3.78. The first-order valence-corrected chi connectivity index (χ1v) is 4.47. The minimum atomic E-state index is -0.423. The van der Waals surface area contributed by atoms with Gasteiger partial charge in [-0.1, -0.05) is 0 Å². The zero-order valence-electron chi connectivity index (χ0n) is 7.83. The van der Waals surface area contributed by atoms with Crippen molar-refractivity contribution in [3.63, 3.8) is 0 Å². The van der Waals surface area contributed by atoms with Crippen LogP contribution in [0.4, 0.5) is 0 Å². The summed E-state index contributed by atoms with van der Waals surface area (Å²) < 4.78 is 4.57. The van der Waals surface area contributed by atoms with Gasteiger partial charge in [-0.15, -0.1) is 0 Å². The largest absolute Gasteiger partial charge is 0.464 e. The second-order valence-corrected chi connectivity index (χ2v) is 3.39. The molecule has 1 fully saturated rings. The van der Waals surface area contributed by atoms with Crippen molar-refractivity contribution in [2.75, 3.05) is 7.11 Å². The average molecular weight is 190 g/mol. The quantitative estimate of drug-likeness (QED) is 0.719. The Balaban J connectivity index is 2.36. The third-order valence-electron chi connectivity index (χ3n) is 2.38. The number of nitrogens with zero attached hydrogens (tertiary/aromatic N) is 1. The van der Waals surface area contributed by atoms with Gasteiger partial charge in [0.15, 0.2) is 0 Å². The normalized spacial score (nSPS) is 14.9. The van der Waals surface area contributed by atoms with Gasteiger partial charge in [-0.3, -0.25) is 0 Å². The number of H-pyrrole nitrogens is 1. The van der Waals surface area contributed by atoms with Gasteiger partial charge in [0.05, 0.1) is 7.11 Å². The monoisotopic (exact) mass is 190 g/mol. The van der Waals surface area contributed by atoms with Gasteiger partial charge in [0.1, 0.15) is 17.5 Å². The molecule has 0 spiro atoms. The first-order chi connectivity index (χ1) is 6.76. The lowest BCUT2D eigenvalue weighted by atomic mass is 10.1. The number of aromatic nitrogens is 1. The van der Waals surface area contributed by atoms with Gasteiger partial charge in [0.2, 0.25) is 0 Å². The summed E-state index contributed by atoms with van der Waals surface area (Å²) in [5.41, 5.74) is 1.81. The van der Waals surface area contributed by atoms with Crippen LogP contribution in [0, 0.1) is 11.3 Å². The molecule has 4 nitrogen and oxygen atoms in total. The van der Waals surface area contributed by atoms with Crippen molar-refractivity contribution in [2.45, 2.75) is 18.8 Å². The molecule has 1 N–H and O–H groups in total. The van der Waals surface area contributed by atoms with Crippen molar-refractivity contribution in [3.8, 4) is 6.07 Å². The fraction of sp³-hybridized carbons (Fsp3) is 0.400. The smallest absolute Gasteiger partial charge is 0.354 e. The van der Waals surface area contributed by atoms with E-state index in [2.05, 4.69) is 15.8 Å². The van der Waals surface area contributed by atoms with Crippen LogP contribution in [0.25, 0.3) is 0 Å². The van der Waals surface area contributed by atoms with E-state index in [-0.39, 0.29) is 0 Å². The van der Waals surface area contributed by atoms with E-state index in [1.807, 2.05) is 0 Å². The minimum absolute atomic E-state index is 0.367. The van der Waals surface area contributed by atoms with Gasteiger partial charge >= 0.3 is 5.97 Å². The lowest BCUT2D eigenvalue weighted by Crippen LogP contribution is -2.00. The van der Waals surface area contributed by atoms with E-state index in [0.29, 0.717) is 17.3 Å². The van der Waals surface area contributed by atoms with Crippen molar-refractivity contribution in [1.29, 1.82) is 5.26 Å². The maximum Gasteiger partial charge on any atom is 0.354 e. The lowest BCUT2D eigenvalue weighted by Gasteiger charge is -1.91. The zero-order valence-corrected chi connectivity index (χ0v) is 7.83. The molecule has 72 valence electrons. The maximum atomic E-state index is 11.2. The molecule has 1 aromatic rings. The summed E-state index contributed by atoms with van der Waals surface area (Å²) in [7, 11) is 1.33. The highest BCUT2D eigenvalue weighted by Crippen LogP contribution is 2.41. The van der Waals surface area contributed by atoms with Crippen molar-refractivity contribution >= 4 is 5.97 Å². The van der Waals surface area contributed by atoms with Gasteiger partial charge in [0, 0.05) is 0 Å². The highest BCUT2D eigenvalue weighted by Gasteiger charge is 2.28. The maximum absolute atomic E-state index is 11.2. The predicted octanol–water partition coefficient (Wildman–Crippen LogP) is 1.55. The number of aromatic amines is 1. The van der Waals surface area contributed by atoms with Gasteiger partial charge in [-0.2, -0.15) is 5.26 Å². The first-order valence-electron chi connectivity index (χ1n) is 4.47. The molecule has 0 aliphatic heterocycles. The summed E-state index contributed by atoms with van der Waals surface area (Å²) in [6.45, 7) is 0. The number of carbonyl (C=O) groups excluding carboxylic acids is 1. The van der Waals surface area contributed by atoms with Gasteiger partial charge in [-0.25, -0.2) is 4.79 Å². The fourth-order valence-corrected chi connectivity index (χ4v) is 1.50. The summed E-state index contributed by atoms with van der Waals surface area (Å²) in [6.07, 6.45) is 2.21. The van der Waals surface area contributed by atoms with E-state index in [4.69, 9.17) is 5.26 Å². The van der Waals surface area contributed by atoms with Crippen LogP contribution in [-0.4, -0.2) is 18.1 Å². The van der Waals surface area contributed by atoms with Crippen LogP contribution in [0.3, 0.4) is 0 Å². The highest BCUT2D eigenvalue weighted by atomic mass is 16.5. The molecule has 0 saturated heterocycles. The molecular formula is C10H10N2O2. The Bertz CT molecular complexity index is 410. The number of hydrogen-bond acceptors (Lipinski definition) is 3. The Labute approximate surface area is 81.5 Å². The number of hydrogen-bond donors (Lipinski definition) is 1. The molecule has 0 amide bonds. The molecule has 1 saturated carbocycles. The summed E-state index contributed by atoms with van der Waals surface area (Å²) in [5, 5.41) is 8.83. The van der Waals surface area contributed by atoms with Crippen molar-refractivity contribution in [1.82, 2.24) is 4.98 Å². The van der Waals surface area contributed by atoms with E-state index in [1.54, 1.807) is 6.07 Å². The second-order valence-electron chi connectivity index (χ2n) is 3.39. The van der Waals surface area contributed by atoms with Crippen LogP contribution in [0.15, 0.2) is 6.07 Å². The Morgan fingerprint density at radius 3 is 2.93 bits per heavy atom. The SMILES string of the molecule is COC(=O)c1cc(C2CC2)c(C#N)[nH]1. The first kappa shape index (κ1) is 8.82. The van der Waals surface area contributed by atoms with Crippen LogP contribution in [0.5, 0.6) is 0 Å². The van der Waals surface area contributed by atoms with Crippen LogP contribution >= 0.6 is 0 Å². The van der Waals surface area contributed by atoms with Gasteiger partial charge in [-0.05, 0) is 30.4 Å². The molecule has 1 heterocycles. The number of nitriles is 1. The van der Waals surface area contributed by atoms with Crippen molar-refractivity contribution in [3.05, 3.63) is 23.0 Å². The van der Waals surface area contributed by atoms with Crippen LogP contribution in [0.1, 0.15) is 40.5 Å². The average Bonchev–Trinajstić information content (AvgIpc) is 2.96. The highest BCUT2D eigenvalue weighted by molar-refractivity contribution is 5.88. The summed E-state index contributed by atoms with van der Waals surface area (Å²) in [5.74, 6) is 0.0349. The fourth-order valence-electron chi connectivity index (χ4n) is 1.50. The molecule has 0 radical (unpaired) electrons. The molecule has 0 unspecified atom stereocenters. The van der Waals surface area contributed by atoms with Crippen LogP contribution in [0.2, 0.25) is 0 Å². The summed E-state index contributed by atoms with van der Waals surface area (Å²) in [4.78, 5) is 13.9. The zero-order chi connectivity index (χ0) is 10.1. The Morgan fingerprint density at radius 1 is 1.71 bits per heavy atom. The van der Waals surface area contributed by atoms with E-state index in [9.17, 15) is 4.79 Å². The topological polar surface area (TPSA) is 65.9 Å². The third kappa shape index (κ3) is 1.37. The Morgan fingerprint density at radius 2 is 2.43 bits per heavy atom. The molecule has 4 heteroatoms. The van der Waals surface area contributed by atoms with Gasteiger partial charge in [0.25, 0.3) is 0 Å². The molecule has 2 rings (SSSR count). The number of ether oxygens (including phenoxy) is 1. The molecular weight excluding hydrogens is 180 g/mol.